The molecule has 0 radical (unpaired) electrons. The van der Waals surface area contributed by atoms with E-state index in [1.165, 1.54) is 18.3 Å². The van der Waals surface area contributed by atoms with Crippen molar-refractivity contribution in [1.29, 1.82) is 0 Å². The number of hydrogen-bond donors (Lipinski definition) is 3. The number of amides is 1. The molecule has 0 atom stereocenters. The number of rotatable bonds is 4. The van der Waals surface area contributed by atoms with Gasteiger partial charge in [-0.2, -0.15) is 0 Å². The van der Waals surface area contributed by atoms with Crippen molar-refractivity contribution in [3.05, 3.63) is 63.8 Å². The predicted molar refractivity (Wildman–Crippen MR) is 69.4 cm³/mol. The largest absolute Gasteiger partial charge is 0.478 e. The lowest BCUT2D eigenvalue weighted by atomic mass is 10.1. The van der Waals surface area contributed by atoms with Gasteiger partial charge in [0, 0.05) is 12.7 Å². The molecule has 0 spiro atoms. The van der Waals surface area contributed by atoms with Crippen LogP contribution in [0.4, 0.5) is 0 Å². The van der Waals surface area contributed by atoms with Crippen LogP contribution in [0.15, 0.2) is 41.5 Å². The molecular weight excluding hydrogens is 262 g/mol. The second-order valence-electron chi connectivity index (χ2n) is 3.98. The van der Waals surface area contributed by atoms with Crippen LogP contribution in [-0.2, 0) is 6.54 Å². The minimum absolute atomic E-state index is 0.103. The van der Waals surface area contributed by atoms with Gasteiger partial charge in [-0.25, -0.2) is 9.78 Å². The van der Waals surface area contributed by atoms with Crippen LogP contribution in [0.1, 0.15) is 26.4 Å². The van der Waals surface area contributed by atoms with Gasteiger partial charge in [0.15, 0.2) is 0 Å². The monoisotopic (exact) mass is 273 g/mol. The zero-order valence-corrected chi connectivity index (χ0v) is 10.3. The van der Waals surface area contributed by atoms with Crippen LogP contribution >= 0.6 is 0 Å². The Balaban J connectivity index is 1.98. The van der Waals surface area contributed by atoms with Crippen molar-refractivity contribution in [3.63, 3.8) is 0 Å². The summed E-state index contributed by atoms with van der Waals surface area (Å²) in [6.45, 7) is 0.236. The number of nitrogens with zero attached hydrogens (tertiary/aromatic N) is 1. The maximum absolute atomic E-state index is 11.7. The number of nitrogens with one attached hydrogen (secondary N) is 2. The minimum atomic E-state index is -1.00. The molecule has 2 rings (SSSR count). The van der Waals surface area contributed by atoms with E-state index in [0.29, 0.717) is 0 Å². The number of carbonyl (C=O) groups excluding carboxylic acids is 1. The van der Waals surface area contributed by atoms with Crippen LogP contribution in [0.3, 0.4) is 0 Å². The molecule has 1 aromatic heterocycles. The number of aromatic nitrogens is 2. The van der Waals surface area contributed by atoms with E-state index in [0.717, 1.165) is 11.8 Å². The quantitative estimate of drug-likeness (QED) is 0.746. The Bertz CT molecular complexity index is 671. The highest BCUT2D eigenvalue weighted by Gasteiger charge is 2.07. The Kier molecular flexibility index (Phi) is 3.90. The standard InChI is InChI=1S/C13H11N3O4/c17-11-7-14-10(6-15-11)12(18)16-5-8-1-3-9(4-2-8)13(19)20/h1-4,6-7H,5H2,(H,15,17)(H,16,18)(H,19,20). The van der Waals surface area contributed by atoms with E-state index in [9.17, 15) is 14.4 Å². The van der Waals surface area contributed by atoms with Crippen molar-refractivity contribution in [2.24, 2.45) is 0 Å². The molecule has 7 heteroatoms. The molecule has 20 heavy (non-hydrogen) atoms. The fraction of sp³-hybridized carbons (Fsp3) is 0.0769. The van der Waals surface area contributed by atoms with Crippen LogP contribution in [0.25, 0.3) is 0 Å². The minimum Gasteiger partial charge on any atom is -0.478 e. The third-order valence-corrected chi connectivity index (χ3v) is 2.56. The van der Waals surface area contributed by atoms with E-state index in [1.807, 2.05) is 0 Å². The van der Waals surface area contributed by atoms with Gasteiger partial charge in [0.25, 0.3) is 11.5 Å². The third-order valence-electron chi connectivity index (χ3n) is 2.56. The molecule has 0 saturated heterocycles. The Hall–Kier alpha value is -2.96. The first kappa shape index (κ1) is 13.5. The van der Waals surface area contributed by atoms with Gasteiger partial charge in [-0.15, -0.1) is 0 Å². The molecule has 7 nitrogen and oxygen atoms in total. The SMILES string of the molecule is O=C(O)c1ccc(CNC(=O)c2c[nH]c(=O)cn2)cc1. The molecule has 102 valence electrons. The number of aromatic carboxylic acids is 1. The fourth-order valence-electron chi connectivity index (χ4n) is 1.50. The van der Waals surface area contributed by atoms with Gasteiger partial charge in [-0.1, -0.05) is 12.1 Å². The highest BCUT2D eigenvalue weighted by Crippen LogP contribution is 2.04. The van der Waals surface area contributed by atoms with Crippen molar-refractivity contribution in [2.75, 3.05) is 0 Å². The Morgan fingerprint density at radius 2 is 1.95 bits per heavy atom. The van der Waals surface area contributed by atoms with Gasteiger partial charge in [0.2, 0.25) is 0 Å². The summed E-state index contributed by atoms with van der Waals surface area (Å²) in [7, 11) is 0. The number of carboxylic acid groups (broad SMARTS) is 1. The molecule has 1 heterocycles. The Labute approximate surface area is 113 Å². The van der Waals surface area contributed by atoms with E-state index in [4.69, 9.17) is 5.11 Å². The van der Waals surface area contributed by atoms with Gasteiger partial charge in [-0.3, -0.25) is 9.59 Å². The molecule has 0 fully saturated rings. The van der Waals surface area contributed by atoms with Gasteiger partial charge in [0.05, 0.1) is 11.8 Å². The van der Waals surface area contributed by atoms with Gasteiger partial charge in [-0.05, 0) is 17.7 Å². The molecule has 0 unspecified atom stereocenters. The molecular formula is C13H11N3O4. The predicted octanol–water partition coefficient (Wildman–Crippen LogP) is 0.398. The normalized spacial score (nSPS) is 10.0. The summed E-state index contributed by atoms with van der Waals surface area (Å²) in [5, 5.41) is 11.4. The second kappa shape index (κ2) is 5.79. The number of carbonyl (C=O) groups is 2. The number of H-pyrrole nitrogens is 1. The molecule has 0 aliphatic heterocycles. The van der Waals surface area contributed by atoms with E-state index in [2.05, 4.69) is 15.3 Å². The first-order valence-corrected chi connectivity index (χ1v) is 5.71. The second-order valence-corrected chi connectivity index (χ2v) is 3.98. The number of carboxylic acids is 1. The Morgan fingerprint density at radius 3 is 2.50 bits per heavy atom. The highest BCUT2D eigenvalue weighted by atomic mass is 16.4. The molecule has 0 aliphatic rings. The summed E-state index contributed by atoms with van der Waals surface area (Å²) >= 11 is 0. The molecule has 1 aromatic carbocycles. The van der Waals surface area contributed by atoms with Crippen LogP contribution in [0.2, 0.25) is 0 Å². The summed E-state index contributed by atoms with van der Waals surface area (Å²) in [5.74, 6) is -1.43. The summed E-state index contributed by atoms with van der Waals surface area (Å²) in [6.07, 6.45) is 2.25. The lowest BCUT2D eigenvalue weighted by Gasteiger charge is -2.05. The molecule has 3 N–H and O–H groups in total. The number of hydrogen-bond acceptors (Lipinski definition) is 4. The van der Waals surface area contributed by atoms with Gasteiger partial charge < -0.3 is 15.4 Å². The number of aromatic amines is 1. The summed E-state index contributed by atoms with van der Waals surface area (Å²) in [5.41, 5.74) is 0.660. The van der Waals surface area contributed by atoms with Crippen LogP contribution < -0.4 is 10.9 Å². The lowest BCUT2D eigenvalue weighted by Crippen LogP contribution is -2.25. The first-order chi connectivity index (χ1) is 9.56. The summed E-state index contributed by atoms with van der Waals surface area (Å²) in [6, 6.07) is 6.15. The van der Waals surface area contributed by atoms with Crippen LogP contribution in [0.5, 0.6) is 0 Å². The molecule has 2 aromatic rings. The smallest absolute Gasteiger partial charge is 0.335 e. The van der Waals surface area contributed by atoms with E-state index < -0.39 is 11.9 Å². The average molecular weight is 273 g/mol. The highest BCUT2D eigenvalue weighted by molar-refractivity contribution is 5.91. The first-order valence-electron chi connectivity index (χ1n) is 5.71. The van der Waals surface area contributed by atoms with Crippen LogP contribution in [0, 0.1) is 0 Å². The zero-order chi connectivity index (χ0) is 14.5. The third kappa shape index (κ3) is 3.29. The maximum Gasteiger partial charge on any atom is 0.335 e. The van der Waals surface area contributed by atoms with Crippen molar-refractivity contribution >= 4 is 11.9 Å². The van der Waals surface area contributed by atoms with Crippen LogP contribution in [-0.4, -0.2) is 27.0 Å². The van der Waals surface area contributed by atoms with Crippen molar-refractivity contribution < 1.29 is 14.7 Å². The van der Waals surface area contributed by atoms with Crippen molar-refractivity contribution in [1.82, 2.24) is 15.3 Å². The van der Waals surface area contributed by atoms with E-state index in [1.54, 1.807) is 12.1 Å². The summed E-state index contributed by atoms with van der Waals surface area (Å²) < 4.78 is 0. The number of benzene rings is 1. The van der Waals surface area contributed by atoms with E-state index in [-0.39, 0.29) is 23.4 Å². The maximum atomic E-state index is 11.7. The van der Waals surface area contributed by atoms with Gasteiger partial charge >= 0.3 is 5.97 Å². The lowest BCUT2D eigenvalue weighted by molar-refractivity contribution is 0.0696. The molecule has 0 bridgehead atoms. The molecule has 1 amide bonds. The molecule has 0 saturated carbocycles. The topological polar surface area (TPSA) is 112 Å². The van der Waals surface area contributed by atoms with Crippen molar-refractivity contribution in [2.45, 2.75) is 6.54 Å². The average Bonchev–Trinajstić information content (AvgIpc) is 2.46. The van der Waals surface area contributed by atoms with Crippen molar-refractivity contribution in [3.8, 4) is 0 Å². The van der Waals surface area contributed by atoms with Gasteiger partial charge in [0.1, 0.15) is 5.69 Å². The fourth-order valence-corrected chi connectivity index (χ4v) is 1.50. The Morgan fingerprint density at radius 1 is 1.25 bits per heavy atom. The summed E-state index contributed by atoms with van der Waals surface area (Å²) in [4.78, 5) is 39.3. The molecule has 0 aliphatic carbocycles. The van der Waals surface area contributed by atoms with E-state index >= 15 is 0 Å². The zero-order valence-electron chi connectivity index (χ0n) is 10.3.